The molecule has 3 nitrogen and oxygen atoms in total. The van der Waals surface area contributed by atoms with Crippen LogP contribution in [0.25, 0.3) is 0 Å². The number of halogens is 2. The minimum Gasteiger partial charge on any atom is -0.387 e. The minimum absolute atomic E-state index is 0.110. The Labute approximate surface area is 139 Å². The third-order valence-electron chi connectivity index (χ3n) is 4.51. The van der Waals surface area contributed by atoms with Crippen LogP contribution in [0.4, 0.5) is 8.78 Å². The molecule has 0 aromatic heterocycles. The first-order valence-corrected chi connectivity index (χ1v) is 7.93. The van der Waals surface area contributed by atoms with Crippen LogP contribution in [0.2, 0.25) is 0 Å². The van der Waals surface area contributed by atoms with Crippen molar-refractivity contribution in [3.63, 3.8) is 0 Å². The second-order valence-electron chi connectivity index (χ2n) is 6.23. The van der Waals surface area contributed by atoms with E-state index in [9.17, 15) is 18.7 Å². The van der Waals surface area contributed by atoms with Gasteiger partial charge in [0.2, 0.25) is 5.91 Å². The topological polar surface area (TPSA) is 49.3 Å². The van der Waals surface area contributed by atoms with Gasteiger partial charge < -0.3 is 10.4 Å². The molecule has 2 aromatic carbocycles. The van der Waals surface area contributed by atoms with Gasteiger partial charge in [-0.3, -0.25) is 4.79 Å². The lowest BCUT2D eigenvalue weighted by molar-refractivity contribution is -0.122. The Morgan fingerprint density at radius 3 is 2.75 bits per heavy atom. The molecule has 3 unspecified atom stereocenters. The van der Waals surface area contributed by atoms with Crippen LogP contribution in [-0.4, -0.2) is 17.6 Å². The van der Waals surface area contributed by atoms with Gasteiger partial charge in [0.25, 0.3) is 0 Å². The number of aryl methyl sites for hydroxylation is 1. The molecule has 1 aliphatic carbocycles. The molecular weight excluding hydrogens is 312 g/mol. The van der Waals surface area contributed by atoms with Crippen LogP contribution < -0.4 is 5.32 Å². The van der Waals surface area contributed by atoms with E-state index >= 15 is 0 Å². The van der Waals surface area contributed by atoms with Crippen molar-refractivity contribution in [1.82, 2.24) is 5.32 Å². The summed E-state index contributed by atoms with van der Waals surface area (Å²) >= 11 is 0. The Balaban J connectivity index is 1.56. The fraction of sp³-hybridized carbons (Fsp3) is 0.316. The van der Waals surface area contributed by atoms with Crippen molar-refractivity contribution in [1.29, 1.82) is 0 Å². The van der Waals surface area contributed by atoms with E-state index < -0.39 is 17.7 Å². The first-order valence-electron chi connectivity index (χ1n) is 7.93. The van der Waals surface area contributed by atoms with Crippen LogP contribution in [0.15, 0.2) is 42.5 Å². The summed E-state index contributed by atoms with van der Waals surface area (Å²) in [5, 5.41) is 12.9. The van der Waals surface area contributed by atoms with Gasteiger partial charge in [0.1, 0.15) is 11.6 Å². The predicted molar refractivity (Wildman–Crippen MR) is 86.4 cm³/mol. The third kappa shape index (κ3) is 3.46. The van der Waals surface area contributed by atoms with Crippen molar-refractivity contribution in [2.75, 3.05) is 6.54 Å². The maximum absolute atomic E-state index is 13.7. The number of amides is 1. The largest absolute Gasteiger partial charge is 0.387 e. The average Bonchev–Trinajstić information content (AvgIpc) is 3.33. The van der Waals surface area contributed by atoms with Gasteiger partial charge in [-0.25, -0.2) is 8.78 Å². The molecule has 1 aliphatic rings. The lowest BCUT2D eigenvalue weighted by Crippen LogP contribution is -2.30. The Bertz CT molecular complexity index is 763. The molecule has 0 saturated heterocycles. The molecule has 2 N–H and O–H groups in total. The van der Waals surface area contributed by atoms with Crippen molar-refractivity contribution < 1.29 is 18.7 Å². The number of rotatable bonds is 5. The normalized spacial score (nSPS) is 20.5. The highest BCUT2D eigenvalue weighted by Crippen LogP contribution is 2.48. The molecule has 2 aromatic rings. The molecule has 0 bridgehead atoms. The zero-order chi connectivity index (χ0) is 17.3. The number of carbonyl (C=O) groups is 1. The molecule has 126 valence electrons. The monoisotopic (exact) mass is 331 g/mol. The summed E-state index contributed by atoms with van der Waals surface area (Å²) in [6.45, 7) is 2.01. The van der Waals surface area contributed by atoms with E-state index in [1.54, 1.807) is 0 Å². The van der Waals surface area contributed by atoms with Crippen LogP contribution in [-0.2, 0) is 4.79 Å². The number of nitrogens with one attached hydrogen (secondary N) is 1. The molecule has 1 amide bonds. The van der Waals surface area contributed by atoms with Gasteiger partial charge in [-0.05, 0) is 42.0 Å². The number of hydrogen-bond acceptors (Lipinski definition) is 2. The van der Waals surface area contributed by atoms with E-state index in [-0.39, 0.29) is 24.3 Å². The van der Waals surface area contributed by atoms with E-state index in [1.807, 2.05) is 31.2 Å². The van der Waals surface area contributed by atoms with Gasteiger partial charge in [0.05, 0.1) is 6.10 Å². The van der Waals surface area contributed by atoms with Crippen molar-refractivity contribution in [3.8, 4) is 0 Å². The van der Waals surface area contributed by atoms with E-state index in [1.165, 1.54) is 12.1 Å². The highest BCUT2D eigenvalue weighted by molar-refractivity contribution is 5.82. The Kier molecular flexibility index (Phi) is 4.62. The minimum atomic E-state index is -0.782. The smallest absolute Gasteiger partial charge is 0.223 e. The third-order valence-corrected chi connectivity index (χ3v) is 4.51. The molecule has 3 atom stereocenters. The van der Waals surface area contributed by atoms with Gasteiger partial charge >= 0.3 is 0 Å². The zero-order valence-electron chi connectivity index (χ0n) is 13.3. The Morgan fingerprint density at radius 2 is 2.04 bits per heavy atom. The maximum Gasteiger partial charge on any atom is 0.223 e. The Hall–Kier alpha value is -2.27. The van der Waals surface area contributed by atoms with Crippen LogP contribution in [0.1, 0.15) is 35.1 Å². The molecular formula is C19H19F2NO2. The second kappa shape index (κ2) is 6.69. The molecule has 1 saturated carbocycles. The summed E-state index contributed by atoms with van der Waals surface area (Å²) < 4.78 is 26.7. The van der Waals surface area contributed by atoms with Crippen LogP contribution in [0.3, 0.4) is 0 Å². The van der Waals surface area contributed by atoms with Crippen molar-refractivity contribution in [3.05, 3.63) is 70.8 Å². The van der Waals surface area contributed by atoms with Crippen molar-refractivity contribution in [2.24, 2.45) is 5.92 Å². The Morgan fingerprint density at radius 1 is 1.29 bits per heavy atom. The van der Waals surface area contributed by atoms with E-state index in [2.05, 4.69) is 5.32 Å². The summed E-state index contributed by atoms with van der Waals surface area (Å²) in [4.78, 5) is 12.2. The number of aliphatic hydroxyl groups is 1. The van der Waals surface area contributed by atoms with E-state index in [4.69, 9.17) is 0 Å². The maximum atomic E-state index is 13.7. The summed E-state index contributed by atoms with van der Waals surface area (Å²) in [5.74, 6) is -2.00. The van der Waals surface area contributed by atoms with Crippen molar-refractivity contribution >= 4 is 5.91 Å². The highest BCUT2D eigenvalue weighted by atomic mass is 19.1. The van der Waals surface area contributed by atoms with Crippen molar-refractivity contribution in [2.45, 2.75) is 25.4 Å². The van der Waals surface area contributed by atoms with E-state index in [0.29, 0.717) is 12.0 Å². The van der Waals surface area contributed by atoms with Gasteiger partial charge in [-0.2, -0.15) is 0 Å². The number of hydrogen-bond donors (Lipinski definition) is 2. The predicted octanol–water partition coefficient (Wildman–Crippen LogP) is 3.23. The molecule has 24 heavy (non-hydrogen) atoms. The van der Waals surface area contributed by atoms with Crippen LogP contribution >= 0.6 is 0 Å². The van der Waals surface area contributed by atoms with Gasteiger partial charge in [-0.1, -0.05) is 30.3 Å². The van der Waals surface area contributed by atoms with Gasteiger partial charge in [-0.15, -0.1) is 0 Å². The van der Waals surface area contributed by atoms with Gasteiger partial charge in [0, 0.05) is 18.5 Å². The summed E-state index contributed by atoms with van der Waals surface area (Å²) in [5.41, 5.74) is 2.10. The number of aliphatic hydroxyl groups excluding tert-OH is 1. The fourth-order valence-corrected chi connectivity index (χ4v) is 3.03. The van der Waals surface area contributed by atoms with Crippen LogP contribution in [0.5, 0.6) is 0 Å². The molecule has 5 heteroatoms. The molecule has 0 heterocycles. The molecule has 3 rings (SSSR count). The van der Waals surface area contributed by atoms with Gasteiger partial charge in [0.15, 0.2) is 0 Å². The summed E-state index contributed by atoms with van der Waals surface area (Å²) in [7, 11) is 0. The zero-order valence-corrected chi connectivity index (χ0v) is 13.3. The average molecular weight is 331 g/mol. The number of carbonyl (C=O) groups excluding carboxylic acids is 1. The van der Waals surface area contributed by atoms with E-state index in [0.717, 1.165) is 17.2 Å². The number of benzene rings is 2. The first-order chi connectivity index (χ1) is 11.5. The summed E-state index contributed by atoms with van der Waals surface area (Å²) in [6, 6.07) is 10.9. The first kappa shape index (κ1) is 16.6. The lowest BCUT2D eigenvalue weighted by Gasteiger charge is -2.14. The highest BCUT2D eigenvalue weighted by Gasteiger charge is 2.45. The molecule has 0 aliphatic heterocycles. The lowest BCUT2D eigenvalue weighted by atomic mass is 10.0. The SMILES string of the molecule is Cc1ccccc1C(O)CNC(=O)C1CC1c1ccc(F)cc1F. The second-order valence-corrected chi connectivity index (χ2v) is 6.23. The molecule has 0 spiro atoms. The fourth-order valence-electron chi connectivity index (χ4n) is 3.03. The quantitative estimate of drug-likeness (QED) is 0.884. The molecule has 1 fully saturated rings. The van der Waals surface area contributed by atoms with Crippen LogP contribution in [0, 0.1) is 24.5 Å². The standard InChI is InChI=1S/C19H19F2NO2/c1-11-4-2-3-5-13(11)18(23)10-22-19(24)16-9-15(16)14-7-6-12(20)8-17(14)21/h2-8,15-16,18,23H,9-10H2,1H3,(H,22,24). The molecule has 0 radical (unpaired) electrons. The summed E-state index contributed by atoms with van der Waals surface area (Å²) in [6.07, 6.45) is -0.246.